The van der Waals surface area contributed by atoms with Crippen LogP contribution in [-0.2, 0) is 0 Å². The van der Waals surface area contributed by atoms with Crippen LogP contribution < -0.4 is 4.74 Å². The quantitative estimate of drug-likeness (QED) is 0.809. The molecule has 3 atom stereocenters. The highest BCUT2D eigenvalue weighted by Gasteiger charge is 2.24. The van der Waals surface area contributed by atoms with Crippen molar-refractivity contribution in [2.75, 3.05) is 26.7 Å². The predicted molar refractivity (Wildman–Crippen MR) is 83.4 cm³/mol. The van der Waals surface area contributed by atoms with Gasteiger partial charge in [-0.2, -0.15) is 0 Å². The van der Waals surface area contributed by atoms with E-state index in [1.807, 2.05) is 11.9 Å². The lowest BCUT2D eigenvalue weighted by atomic mass is 9.86. The van der Waals surface area contributed by atoms with Crippen molar-refractivity contribution in [1.82, 2.24) is 4.90 Å². The van der Waals surface area contributed by atoms with Crippen molar-refractivity contribution in [3.63, 3.8) is 0 Å². The number of nitrogens with zero attached hydrogens (tertiary/aromatic N) is 1. The van der Waals surface area contributed by atoms with Crippen molar-refractivity contribution in [3.05, 3.63) is 30.1 Å². The number of likely N-dealkylation sites (N-methyl/N-ethyl adjacent to an activating group) is 1. The van der Waals surface area contributed by atoms with Crippen LogP contribution in [0.25, 0.3) is 0 Å². The summed E-state index contributed by atoms with van der Waals surface area (Å²) in [7, 11) is 1.95. The van der Waals surface area contributed by atoms with Crippen molar-refractivity contribution in [1.29, 1.82) is 0 Å². The Morgan fingerprint density at radius 3 is 2.64 bits per heavy atom. The number of aliphatic hydroxyl groups excluding tert-OH is 2. The fraction of sp³-hybridized carbons (Fsp3) is 0.647. The van der Waals surface area contributed by atoms with Crippen molar-refractivity contribution in [2.24, 2.45) is 5.92 Å². The maximum absolute atomic E-state index is 12.8. The van der Waals surface area contributed by atoms with E-state index >= 15 is 0 Å². The first-order valence-electron chi connectivity index (χ1n) is 7.97. The van der Waals surface area contributed by atoms with E-state index in [1.54, 1.807) is 12.1 Å². The largest absolute Gasteiger partial charge is 0.491 e. The van der Waals surface area contributed by atoms with Gasteiger partial charge in [-0.3, -0.25) is 0 Å². The molecule has 1 aromatic rings. The second kappa shape index (κ2) is 8.46. The molecular weight excluding hydrogens is 285 g/mol. The molecule has 5 heteroatoms. The number of hydrogen-bond acceptors (Lipinski definition) is 4. The standard InChI is InChI=1S/C17H26FNO3/c1-19(10-13-4-2-3-5-17(13)21)11-15(20)12-22-16-8-6-14(18)7-9-16/h6-9,13,15,17,20-21H,2-5,10-12H2,1H3. The first-order valence-corrected chi connectivity index (χ1v) is 7.97. The molecule has 0 radical (unpaired) electrons. The molecule has 3 unspecified atom stereocenters. The molecule has 1 aliphatic rings. The topological polar surface area (TPSA) is 52.9 Å². The summed E-state index contributed by atoms with van der Waals surface area (Å²) >= 11 is 0. The summed E-state index contributed by atoms with van der Waals surface area (Å²) in [5, 5.41) is 20.0. The molecule has 1 saturated carbocycles. The van der Waals surface area contributed by atoms with E-state index in [4.69, 9.17) is 4.74 Å². The fourth-order valence-corrected chi connectivity index (χ4v) is 3.01. The lowest BCUT2D eigenvalue weighted by Gasteiger charge is -2.31. The molecule has 22 heavy (non-hydrogen) atoms. The van der Waals surface area contributed by atoms with Crippen LogP contribution in [0.5, 0.6) is 5.75 Å². The molecule has 1 fully saturated rings. The van der Waals surface area contributed by atoms with Gasteiger partial charge in [0.15, 0.2) is 0 Å². The van der Waals surface area contributed by atoms with Crippen LogP contribution in [0.3, 0.4) is 0 Å². The SMILES string of the molecule is CN(CC(O)COc1ccc(F)cc1)CC1CCCCC1O. The van der Waals surface area contributed by atoms with Gasteiger partial charge in [0.25, 0.3) is 0 Å². The van der Waals surface area contributed by atoms with E-state index in [9.17, 15) is 14.6 Å². The second-order valence-electron chi connectivity index (χ2n) is 6.25. The molecule has 2 N–H and O–H groups in total. The van der Waals surface area contributed by atoms with Crippen LogP contribution in [0.15, 0.2) is 24.3 Å². The summed E-state index contributed by atoms with van der Waals surface area (Å²) in [6.07, 6.45) is 3.38. The minimum atomic E-state index is -0.615. The van der Waals surface area contributed by atoms with Gasteiger partial charge in [0.2, 0.25) is 0 Å². The molecule has 0 saturated heterocycles. The summed E-state index contributed by atoms with van der Waals surface area (Å²) in [6, 6.07) is 5.75. The maximum Gasteiger partial charge on any atom is 0.123 e. The Kier molecular flexibility index (Phi) is 6.61. The van der Waals surface area contributed by atoms with Gasteiger partial charge in [0, 0.05) is 13.1 Å². The number of benzene rings is 1. The summed E-state index contributed by atoms with van der Waals surface area (Å²) in [6.45, 7) is 1.45. The second-order valence-corrected chi connectivity index (χ2v) is 6.25. The van der Waals surface area contributed by atoms with Gasteiger partial charge in [0.1, 0.15) is 24.3 Å². The molecule has 1 aliphatic carbocycles. The van der Waals surface area contributed by atoms with Crippen LogP contribution >= 0.6 is 0 Å². The van der Waals surface area contributed by atoms with Crippen LogP contribution in [0, 0.1) is 11.7 Å². The predicted octanol–water partition coefficient (Wildman–Crippen LogP) is 2.05. The van der Waals surface area contributed by atoms with E-state index in [1.165, 1.54) is 18.6 Å². The lowest BCUT2D eigenvalue weighted by Crippen LogP contribution is -2.39. The minimum Gasteiger partial charge on any atom is -0.491 e. The van der Waals surface area contributed by atoms with Gasteiger partial charge in [0.05, 0.1) is 6.10 Å². The first-order chi connectivity index (χ1) is 10.5. The summed E-state index contributed by atoms with van der Waals surface area (Å²) in [5.74, 6) is 0.536. The highest BCUT2D eigenvalue weighted by molar-refractivity contribution is 5.22. The molecule has 124 valence electrons. The third-order valence-electron chi connectivity index (χ3n) is 4.19. The zero-order chi connectivity index (χ0) is 15.9. The zero-order valence-corrected chi connectivity index (χ0v) is 13.1. The van der Waals surface area contributed by atoms with Crippen molar-refractivity contribution < 1.29 is 19.3 Å². The normalized spacial score (nSPS) is 23.5. The highest BCUT2D eigenvalue weighted by atomic mass is 19.1. The Morgan fingerprint density at radius 2 is 1.95 bits per heavy atom. The van der Waals surface area contributed by atoms with E-state index in [0.717, 1.165) is 25.8 Å². The fourth-order valence-electron chi connectivity index (χ4n) is 3.01. The molecule has 0 amide bonds. The molecular formula is C17H26FNO3. The van der Waals surface area contributed by atoms with Gasteiger partial charge >= 0.3 is 0 Å². The van der Waals surface area contributed by atoms with Gasteiger partial charge < -0.3 is 19.8 Å². The smallest absolute Gasteiger partial charge is 0.123 e. The number of halogens is 1. The molecule has 0 bridgehead atoms. The Bertz CT molecular complexity index is 440. The third kappa shape index (κ3) is 5.55. The average molecular weight is 311 g/mol. The number of hydrogen-bond donors (Lipinski definition) is 2. The monoisotopic (exact) mass is 311 g/mol. The molecule has 0 aromatic heterocycles. The van der Waals surface area contributed by atoms with Crippen molar-refractivity contribution in [2.45, 2.75) is 37.9 Å². The molecule has 0 aliphatic heterocycles. The average Bonchev–Trinajstić information content (AvgIpc) is 2.49. The van der Waals surface area contributed by atoms with E-state index < -0.39 is 6.10 Å². The molecule has 2 rings (SSSR count). The van der Waals surface area contributed by atoms with Crippen molar-refractivity contribution >= 4 is 0 Å². The lowest BCUT2D eigenvalue weighted by molar-refractivity contribution is 0.0316. The number of ether oxygens (including phenoxy) is 1. The van der Waals surface area contributed by atoms with Crippen molar-refractivity contribution in [3.8, 4) is 5.75 Å². The number of aliphatic hydroxyl groups is 2. The van der Waals surface area contributed by atoms with E-state index in [2.05, 4.69) is 0 Å². The summed E-state index contributed by atoms with van der Waals surface area (Å²) in [5.41, 5.74) is 0. The van der Waals surface area contributed by atoms with Gasteiger partial charge in [-0.15, -0.1) is 0 Å². The Hall–Kier alpha value is -1.17. The summed E-state index contributed by atoms with van der Waals surface area (Å²) < 4.78 is 18.2. The van der Waals surface area contributed by atoms with Crippen LogP contribution in [0.2, 0.25) is 0 Å². The highest BCUT2D eigenvalue weighted by Crippen LogP contribution is 2.24. The zero-order valence-electron chi connectivity index (χ0n) is 13.1. The molecule has 0 heterocycles. The number of rotatable bonds is 7. The minimum absolute atomic E-state index is 0.170. The molecule has 0 spiro atoms. The third-order valence-corrected chi connectivity index (χ3v) is 4.19. The molecule has 1 aromatic carbocycles. The van der Waals surface area contributed by atoms with E-state index in [-0.39, 0.29) is 18.5 Å². The van der Waals surface area contributed by atoms with Crippen LogP contribution in [0.4, 0.5) is 4.39 Å². The Morgan fingerprint density at radius 1 is 1.27 bits per heavy atom. The van der Waals surface area contributed by atoms with Gasteiger partial charge in [-0.25, -0.2) is 4.39 Å². The Balaban J connectivity index is 1.69. The first kappa shape index (κ1) is 17.2. The van der Waals surface area contributed by atoms with Gasteiger partial charge in [-0.05, 0) is 50.1 Å². The van der Waals surface area contributed by atoms with Gasteiger partial charge in [-0.1, -0.05) is 12.8 Å². The van der Waals surface area contributed by atoms with E-state index in [0.29, 0.717) is 18.2 Å². The van der Waals surface area contributed by atoms with Crippen LogP contribution in [0.1, 0.15) is 25.7 Å². The summed E-state index contributed by atoms with van der Waals surface area (Å²) in [4.78, 5) is 2.04. The van der Waals surface area contributed by atoms with Crippen LogP contribution in [-0.4, -0.2) is 54.1 Å². The Labute approximate surface area is 131 Å². The maximum atomic E-state index is 12.8. The molecule has 4 nitrogen and oxygen atoms in total.